The van der Waals surface area contributed by atoms with Crippen LogP contribution in [-0.4, -0.2) is 9.97 Å². The molecule has 5 heteroatoms. The lowest BCUT2D eigenvalue weighted by atomic mass is 10.1. The van der Waals surface area contributed by atoms with Gasteiger partial charge in [0.1, 0.15) is 11.6 Å². The molecular weight excluding hydrogens is 291 g/mol. The molecule has 0 fully saturated rings. The predicted molar refractivity (Wildman–Crippen MR) is 80.7 cm³/mol. The van der Waals surface area contributed by atoms with Crippen molar-refractivity contribution in [2.45, 2.75) is 0 Å². The summed E-state index contributed by atoms with van der Waals surface area (Å²) < 4.78 is 13.2. The molecule has 0 radical (unpaired) electrons. The summed E-state index contributed by atoms with van der Waals surface area (Å²) in [5.74, 6) is -0.0490. The Morgan fingerprint density at radius 1 is 1.00 bits per heavy atom. The Labute approximate surface area is 125 Å². The first-order valence-corrected chi connectivity index (χ1v) is 6.63. The molecule has 0 aliphatic rings. The molecule has 1 heterocycles. The zero-order valence-corrected chi connectivity index (χ0v) is 11.6. The second-order valence-electron chi connectivity index (χ2n) is 4.47. The molecule has 2 aromatic carbocycles. The van der Waals surface area contributed by atoms with Crippen LogP contribution in [0.3, 0.4) is 0 Å². The predicted octanol–water partition coefficient (Wildman–Crippen LogP) is 3.90. The van der Waals surface area contributed by atoms with Gasteiger partial charge in [-0.3, -0.25) is 4.79 Å². The van der Waals surface area contributed by atoms with Crippen LogP contribution in [0, 0.1) is 5.82 Å². The Morgan fingerprint density at radius 2 is 1.76 bits per heavy atom. The molecule has 0 aliphatic carbocycles. The van der Waals surface area contributed by atoms with Crippen LogP contribution in [0.15, 0.2) is 59.4 Å². The van der Waals surface area contributed by atoms with E-state index in [1.54, 1.807) is 0 Å². The lowest BCUT2D eigenvalue weighted by Gasteiger charge is -2.05. The van der Waals surface area contributed by atoms with Gasteiger partial charge in [-0.05, 0) is 18.2 Å². The van der Waals surface area contributed by atoms with E-state index in [9.17, 15) is 9.18 Å². The average Bonchev–Trinajstić information content (AvgIpc) is 2.50. The summed E-state index contributed by atoms with van der Waals surface area (Å²) in [4.78, 5) is 18.9. The van der Waals surface area contributed by atoms with E-state index in [0.29, 0.717) is 17.1 Å². The summed E-state index contributed by atoms with van der Waals surface area (Å²) in [5.41, 5.74) is 1.55. The second-order valence-corrected chi connectivity index (χ2v) is 4.88. The molecule has 3 rings (SSSR count). The van der Waals surface area contributed by atoms with Crippen molar-refractivity contribution in [2.24, 2.45) is 0 Å². The van der Waals surface area contributed by atoms with E-state index in [1.807, 2.05) is 30.3 Å². The standard InChI is InChI=1S/C16H10ClFN2O/c17-12-8-11(6-7-13(12)18)14-9-15(21)20-16(19-14)10-4-2-1-3-5-10/h1-9H,(H,19,20,21). The topological polar surface area (TPSA) is 45.8 Å². The molecule has 0 aliphatic heterocycles. The monoisotopic (exact) mass is 300 g/mol. The van der Waals surface area contributed by atoms with Crippen LogP contribution in [-0.2, 0) is 0 Å². The van der Waals surface area contributed by atoms with Crippen molar-refractivity contribution in [1.82, 2.24) is 9.97 Å². The summed E-state index contributed by atoms with van der Waals surface area (Å²) >= 11 is 5.77. The van der Waals surface area contributed by atoms with Gasteiger partial charge in [-0.15, -0.1) is 0 Å². The van der Waals surface area contributed by atoms with Crippen molar-refractivity contribution in [1.29, 1.82) is 0 Å². The van der Waals surface area contributed by atoms with Crippen molar-refractivity contribution in [3.05, 3.63) is 75.8 Å². The third kappa shape index (κ3) is 2.85. The Morgan fingerprint density at radius 3 is 2.48 bits per heavy atom. The lowest BCUT2D eigenvalue weighted by molar-refractivity contribution is 0.628. The van der Waals surface area contributed by atoms with E-state index in [0.717, 1.165) is 5.56 Å². The number of aromatic nitrogens is 2. The highest BCUT2D eigenvalue weighted by Gasteiger charge is 2.08. The number of aromatic amines is 1. The molecule has 3 nitrogen and oxygen atoms in total. The fourth-order valence-corrected chi connectivity index (χ4v) is 2.17. The molecule has 0 amide bonds. The summed E-state index contributed by atoms with van der Waals surface area (Å²) in [7, 11) is 0. The molecule has 0 atom stereocenters. The van der Waals surface area contributed by atoms with Gasteiger partial charge in [0, 0.05) is 17.2 Å². The van der Waals surface area contributed by atoms with E-state index >= 15 is 0 Å². The van der Waals surface area contributed by atoms with Crippen molar-refractivity contribution >= 4 is 11.6 Å². The van der Waals surface area contributed by atoms with Crippen LogP contribution in [0.5, 0.6) is 0 Å². The molecule has 3 aromatic rings. The first-order chi connectivity index (χ1) is 10.1. The Hall–Kier alpha value is -2.46. The highest BCUT2D eigenvalue weighted by atomic mass is 35.5. The molecule has 1 N–H and O–H groups in total. The number of hydrogen-bond acceptors (Lipinski definition) is 2. The zero-order valence-electron chi connectivity index (χ0n) is 10.8. The van der Waals surface area contributed by atoms with Crippen LogP contribution in [0.1, 0.15) is 0 Å². The normalized spacial score (nSPS) is 10.6. The quantitative estimate of drug-likeness (QED) is 0.780. The number of hydrogen-bond donors (Lipinski definition) is 1. The summed E-state index contributed by atoms with van der Waals surface area (Å²) in [5, 5.41) is -0.00385. The van der Waals surface area contributed by atoms with Gasteiger partial charge in [0.2, 0.25) is 0 Å². The molecule has 0 spiro atoms. The number of H-pyrrole nitrogens is 1. The summed E-state index contributed by atoms with van der Waals surface area (Å²) in [6.07, 6.45) is 0. The Balaban J connectivity index is 2.14. The first kappa shape index (κ1) is 13.5. The molecule has 0 unspecified atom stereocenters. The van der Waals surface area contributed by atoms with Gasteiger partial charge in [-0.1, -0.05) is 41.9 Å². The fraction of sp³-hybridized carbons (Fsp3) is 0. The Kier molecular flexibility index (Phi) is 3.54. The molecule has 0 bridgehead atoms. The van der Waals surface area contributed by atoms with E-state index < -0.39 is 5.82 Å². The largest absolute Gasteiger partial charge is 0.306 e. The smallest absolute Gasteiger partial charge is 0.251 e. The van der Waals surface area contributed by atoms with Crippen LogP contribution in [0.25, 0.3) is 22.6 Å². The molecule has 0 saturated carbocycles. The van der Waals surface area contributed by atoms with Gasteiger partial charge in [0.15, 0.2) is 0 Å². The highest BCUT2D eigenvalue weighted by Crippen LogP contribution is 2.24. The number of nitrogens with zero attached hydrogens (tertiary/aromatic N) is 1. The zero-order chi connectivity index (χ0) is 14.8. The van der Waals surface area contributed by atoms with Crippen molar-refractivity contribution < 1.29 is 4.39 Å². The molecule has 1 aromatic heterocycles. The molecule has 0 saturated heterocycles. The van der Waals surface area contributed by atoms with Crippen LogP contribution < -0.4 is 5.56 Å². The average molecular weight is 301 g/mol. The lowest BCUT2D eigenvalue weighted by Crippen LogP contribution is -2.08. The minimum Gasteiger partial charge on any atom is -0.306 e. The van der Waals surface area contributed by atoms with Gasteiger partial charge in [-0.2, -0.15) is 0 Å². The number of benzene rings is 2. The summed E-state index contributed by atoms with van der Waals surface area (Å²) in [6.45, 7) is 0. The maximum absolute atomic E-state index is 13.2. The van der Waals surface area contributed by atoms with Crippen molar-refractivity contribution in [2.75, 3.05) is 0 Å². The number of nitrogens with one attached hydrogen (secondary N) is 1. The van der Waals surface area contributed by atoms with E-state index in [4.69, 9.17) is 11.6 Å². The van der Waals surface area contributed by atoms with Crippen LogP contribution in [0.4, 0.5) is 4.39 Å². The summed E-state index contributed by atoms with van der Waals surface area (Å²) in [6, 6.07) is 14.9. The molecule has 21 heavy (non-hydrogen) atoms. The SMILES string of the molecule is O=c1cc(-c2ccc(F)c(Cl)c2)nc(-c2ccccc2)[nH]1. The van der Waals surface area contributed by atoms with E-state index in [1.165, 1.54) is 24.3 Å². The van der Waals surface area contributed by atoms with Crippen LogP contribution in [0.2, 0.25) is 5.02 Å². The number of halogens is 2. The van der Waals surface area contributed by atoms with Crippen molar-refractivity contribution in [3.63, 3.8) is 0 Å². The van der Waals surface area contributed by atoms with Crippen molar-refractivity contribution in [3.8, 4) is 22.6 Å². The van der Waals surface area contributed by atoms with Gasteiger partial charge in [-0.25, -0.2) is 9.37 Å². The fourth-order valence-electron chi connectivity index (χ4n) is 1.99. The van der Waals surface area contributed by atoms with Crippen LogP contribution >= 0.6 is 11.6 Å². The second kappa shape index (κ2) is 5.50. The van der Waals surface area contributed by atoms with Gasteiger partial charge in [0.25, 0.3) is 5.56 Å². The number of rotatable bonds is 2. The van der Waals surface area contributed by atoms with E-state index in [2.05, 4.69) is 9.97 Å². The minimum absolute atomic E-state index is 0.00385. The van der Waals surface area contributed by atoms with Gasteiger partial charge >= 0.3 is 0 Å². The first-order valence-electron chi connectivity index (χ1n) is 6.26. The molecular formula is C16H10ClFN2O. The van der Waals surface area contributed by atoms with E-state index in [-0.39, 0.29) is 10.6 Å². The highest BCUT2D eigenvalue weighted by molar-refractivity contribution is 6.31. The minimum atomic E-state index is -0.506. The van der Waals surface area contributed by atoms with Gasteiger partial charge < -0.3 is 4.98 Å². The maximum Gasteiger partial charge on any atom is 0.251 e. The Bertz CT molecular complexity index is 846. The third-order valence-electron chi connectivity index (χ3n) is 3.00. The third-order valence-corrected chi connectivity index (χ3v) is 3.29. The molecule has 104 valence electrons. The maximum atomic E-state index is 13.2. The van der Waals surface area contributed by atoms with Gasteiger partial charge in [0.05, 0.1) is 10.7 Å².